The van der Waals surface area contributed by atoms with E-state index < -0.39 is 23.8 Å². The summed E-state index contributed by atoms with van der Waals surface area (Å²) in [6, 6.07) is 5.81. The lowest BCUT2D eigenvalue weighted by Gasteiger charge is -2.17. The Hall–Kier alpha value is -2.17. The van der Waals surface area contributed by atoms with Crippen molar-refractivity contribution in [3.63, 3.8) is 0 Å². The molecule has 2 amide bonds. The third-order valence-corrected chi connectivity index (χ3v) is 3.04. The van der Waals surface area contributed by atoms with Gasteiger partial charge in [0.2, 0.25) is 0 Å². The van der Waals surface area contributed by atoms with Crippen LogP contribution in [-0.4, -0.2) is 35.3 Å². The Bertz CT molecular complexity index is 502. The van der Waals surface area contributed by atoms with Crippen LogP contribution >= 0.6 is 0 Å². The van der Waals surface area contributed by atoms with E-state index in [1.165, 1.54) is 0 Å². The second kappa shape index (κ2) is 3.41. The molecule has 1 fully saturated rings. The van der Waals surface area contributed by atoms with Crippen molar-refractivity contribution in [1.82, 2.24) is 4.90 Å². The highest BCUT2D eigenvalue weighted by atomic mass is 16.5. The highest BCUT2D eigenvalue weighted by Crippen LogP contribution is 2.27. The van der Waals surface area contributed by atoms with Gasteiger partial charge < -0.3 is 4.74 Å². The van der Waals surface area contributed by atoms with Crippen LogP contribution in [0, 0.1) is 0 Å². The predicted molar refractivity (Wildman–Crippen MR) is 56.3 cm³/mol. The summed E-state index contributed by atoms with van der Waals surface area (Å²) < 4.78 is 4.79. The lowest BCUT2D eigenvalue weighted by molar-refractivity contribution is -0.141. The molecule has 0 aromatic heterocycles. The van der Waals surface area contributed by atoms with Gasteiger partial charge in [-0.25, -0.2) is 4.79 Å². The number of hydrogen-bond donors (Lipinski definition) is 0. The monoisotopic (exact) mass is 231 g/mol. The van der Waals surface area contributed by atoms with Crippen molar-refractivity contribution in [3.8, 4) is 0 Å². The van der Waals surface area contributed by atoms with E-state index in [0.717, 1.165) is 4.90 Å². The van der Waals surface area contributed by atoms with Crippen LogP contribution in [0.1, 0.15) is 27.1 Å². The summed E-state index contributed by atoms with van der Waals surface area (Å²) in [4.78, 5) is 36.5. The normalized spacial score (nSPS) is 22.9. The van der Waals surface area contributed by atoms with Crippen molar-refractivity contribution < 1.29 is 19.1 Å². The molecule has 17 heavy (non-hydrogen) atoms. The third kappa shape index (κ3) is 1.28. The van der Waals surface area contributed by atoms with Crippen molar-refractivity contribution in [3.05, 3.63) is 35.4 Å². The van der Waals surface area contributed by atoms with Crippen molar-refractivity contribution in [2.24, 2.45) is 0 Å². The van der Waals surface area contributed by atoms with Crippen LogP contribution < -0.4 is 0 Å². The number of nitrogens with zero attached hydrogens (tertiary/aromatic N) is 1. The van der Waals surface area contributed by atoms with Gasteiger partial charge in [-0.1, -0.05) is 12.1 Å². The van der Waals surface area contributed by atoms with Gasteiger partial charge in [-0.3, -0.25) is 14.5 Å². The van der Waals surface area contributed by atoms with Gasteiger partial charge in [0.1, 0.15) is 6.04 Å². The molecule has 0 aliphatic carbocycles. The first-order valence-corrected chi connectivity index (χ1v) is 5.33. The van der Waals surface area contributed by atoms with E-state index in [2.05, 4.69) is 0 Å². The molecule has 0 spiro atoms. The zero-order chi connectivity index (χ0) is 12.0. The Morgan fingerprint density at radius 3 is 2.12 bits per heavy atom. The molecule has 2 heterocycles. The van der Waals surface area contributed by atoms with Crippen LogP contribution in [0.15, 0.2) is 24.3 Å². The number of rotatable bonds is 1. The minimum atomic E-state index is -0.762. The van der Waals surface area contributed by atoms with Gasteiger partial charge in [0.25, 0.3) is 11.8 Å². The molecule has 0 bridgehead atoms. The van der Waals surface area contributed by atoms with Gasteiger partial charge in [0, 0.05) is 6.42 Å². The summed E-state index contributed by atoms with van der Waals surface area (Å²) in [5.74, 6) is -1.32. The van der Waals surface area contributed by atoms with E-state index >= 15 is 0 Å². The second-order valence-electron chi connectivity index (χ2n) is 4.00. The summed E-state index contributed by atoms with van der Waals surface area (Å²) in [5, 5.41) is 0. The van der Waals surface area contributed by atoms with Gasteiger partial charge in [0.15, 0.2) is 0 Å². The molecular weight excluding hydrogens is 222 g/mol. The van der Waals surface area contributed by atoms with Gasteiger partial charge >= 0.3 is 5.97 Å². The molecule has 0 N–H and O–H groups in total. The summed E-state index contributed by atoms with van der Waals surface area (Å²) >= 11 is 0. The third-order valence-electron chi connectivity index (χ3n) is 3.04. The van der Waals surface area contributed by atoms with Crippen LogP contribution in [0.5, 0.6) is 0 Å². The number of carbonyl (C=O) groups excluding carboxylic acids is 3. The summed E-state index contributed by atoms with van der Waals surface area (Å²) in [6.07, 6.45) is 0.379. The van der Waals surface area contributed by atoms with Crippen molar-refractivity contribution in [2.75, 3.05) is 6.61 Å². The number of amides is 2. The average molecular weight is 231 g/mol. The molecule has 1 aromatic carbocycles. The van der Waals surface area contributed by atoms with Gasteiger partial charge in [-0.15, -0.1) is 0 Å². The number of hydrogen-bond acceptors (Lipinski definition) is 4. The zero-order valence-electron chi connectivity index (χ0n) is 8.88. The van der Waals surface area contributed by atoms with Crippen LogP contribution in [0.25, 0.3) is 0 Å². The van der Waals surface area contributed by atoms with E-state index in [-0.39, 0.29) is 6.61 Å². The number of esters is 1. The van der Waals surface area contributed by atoms with E-state index in [1.54, 1.807) is 24.3 Å². The van der Waals surface area contributed by atoms with Crippen molar-refractivity contribution >= 4 is 17.8 Å². The smallest absolute Gasteiger partial charge is 0.329 e. The first-order valence-electron chi connectivity index (χ1n) is 5.33. The number of cyclic esters (lactones) is 1. The molecule has 1 saturated heterocycles. The predicted octanol–water partition coefficient (Wildman–Crippen LogP) is 0.598. The van der Waals surface area contributed by atoms with E-state index in [0.29, 0.717) is 17.5 Å². The average Bonchev–Trinajstić information content (AvgIpc) is 2.84. The Morgan fingerprint density at radius 2 is 1.65 bits per heavy atom. The van der Waals surface area contributed by atoms with Crippen LogP contribution in [0.2, 0.25) is 0 Å². The fourth-order valence-electron chi connectivity index (χ4n) is 2.21. The molecule has 3 rings (SSSR count). The van der Waals surface area contributed by atoms with Gasteiger partial charge in [0.05, 0.1) is 17.7 Å². The van der Waals surface area contributed by atoms with Crippen LogP contribution in [-0.2, 0) is 9.53 Å². The van der Waals surface area contributed by atoms with Gasteiger partial charge in [-0.2, -0.15) is 0 Å². The highest BCUT2D eigenvalue weighted by molar-refractivity contribution is 6.22. The number of carbonyl (C=O) groups is 3. The Labute approximate surface area is 97.0 Å². The number of benzene rings is 1. The maximum absolute atomic E-state index is 12.0. The maximum atomic E-state index is 12.0. The number of ether oxygens (including phenoxy) is 1. The first-order chi connectivity index (χ1) is 8.20. The molecule has 0 saturated carbocycles. The Morgan fingerprint density at radius 1 is 1.06 bits per heavy atom. The van der Waals surface area contributed by atoms with Gasteiger partial charge in [-0.05, 0) is 12.1 Å². The fourth-order valence-corrected chi connectivity index (χ4v) is 2.21. The maximum Gasteiger partial charge on any atom is 0.329 e. The Balaban J connectivity index is 2.03. The lowest BCUT2D eigenvalue weighted by atomic mass is 10.1. The molecule has 1 aromatic rings. The van der Waals surface area contributed by atoms with E-state index in [4.69, 9.17) is 4.74 Å². The molecule has 2 aliphatic heterocycles. The minimum Gasteiger partial charge on any atom is -0.464 e. The Kier molecular flexibility index (Phi) is 2.01. The SMILES string of the molecule is O=C1OCCC1N1C(=O)c2ccccc2C1=O. The molecule has 5 nitrogen and oxygen atoms in total. The number of imide groups is 1. The minimum absolute atomic E-state index is 0.261. The molecule has 2 aliphatic rings. The summed E-state index contributed by atoms with van der Waals surface area (Å²) in [6.45, 7) is 0.261. The first kappa shape index (κ1) is 10.0. The molecular formula is C12H9NO4. The van der Waals surface area contributed by atoms with Crippen LogP contribution in [0.3, 0.4) is 0 Å². The quantitative estimate of drug-likeness (QED) is 0.524. The standard InChI is InChI=1S/C12H9NO4/c14-10-7-3-1-2-4-8(7)11(15)13(10)9-5-6-17-12(9)16/h1-4,9H,5-6H2. The number of fused-ring (bicyclic) bond motifs is 1. The molecule has 1 unspecified atom stereocenters. The fraction of sp³-hybridized carbons (Fsp3) is 0.250. The topological polar surface area (TPSA) is 63.7 Å². The van der Waals surface area contributed by atoms with Crippen LogP contribution in [0.4, 0.5) is 0 Å². The highest BCUT2D eigenvalue weighted by Gasteiger charge is 2.45. The summed E-state index contributed by atoms with van der Waals surface area (Å²) in [5.41, 5.74) is 0.717. The van der Waals surface area contributed by atoms with E-state index in [9.17, 15) is 14.4 Å². The largest absolute Gasteiger partial charge is 0.464 e. The molecule has 86 valence electrons. The van der Waals surface area contributed by atoms with E-state index in [1.807, 2.05) is 0 Å². The molecule has 1 atom stereocenters. The van der Waals surface area contributed by atoms with Crippen molar-refractivity contribution in [2.45, 2.75) is 12.5 Å². The summed E-state index contributed by atoms with van der Waals surface area (Å²) in [7, 11) is 0. The second-order valence-corrected chi connectivity index (χ2v) is 4.00. The molecule has 5 heteroatoms. The van der Waals surface area contributed by atoms with Crippen molar-refractivity contribution in [1.29, 1.82) is 0 Å². The zero-order valence-corrected chi connectivity index (χ0v) is 8.88. The lowest BCUT2D eigenvalue weighted by Crippen LogP contribution is -2.42. The molecule has 0 radical (unpaired) electrons.